The molecule has 0 saturated heterocycles. The smallest absolute Gasteiger partial charge is 0.233 e. The molecule has 0 fully saturated rings. The minimum atomic E-state index is 0.145. The summed E-state index contributed by atoms with van der Waals surface area (Å²) in [6.07, 6.45) is 1.01. The summed E-state index contributed by atoms with van der Waals surface area (Å²) >= 11 is 7.70. The van der Waals surface area contributed by atoms with Crippen LogP contribution in [0, 0.1) is 0 Å². The van der Waals surface area contributed by atoms with E-state index in [1.54, 1.807) is 11.3 Å². The molecule has 0 aliphatic rings. The lowest BCUT2D eigenvalue weighted by molar-refractivity contribution is 0.691. The van der Waals surface area contributed by atoms with Gasteiger partial charge < -0.3 is 10.6 Å². The van der Waals surface area contributed by atoms with Gasteiger partial charge in [-0.2, -0.15) is 15.0 Å². The van der Waals surface area contributed by atoms with E-state index in [4.69, 9.17) is 11.6 Å². The average molecular weight is 411 g/mol. The van der Waals surface area contributed by atoms with Crippen LogP contribution in [0.25, 0.3) is 10.2 Å². The maximum Gasteiger partial charge on any atom is 0.233 e. The monoisotopic (exact) mass is 410 g/mol. The largest absolute Gasteiger partial charge is 0.353 e. The van der Waals surface area contributed by atoms with Gasteiger partial charge in [0.1, 0.15) is 0 Å². The molecule has 2 aromatic carbocycles. The molecule has 2 N–H and O–H groups in total. The molecular formula is C20H19ClN6S. The van der Waals surface area contributed by atoms with Crippen LogP contribution in [0.5, 0.6) is 0 Å². The zero-order valence-electron chi connectivity index (χ0n) is 15.3. The number of rotatable bonds is 7. The van der Waals surface area contributed by atoms with E-state index in [-0.39, 0.29) is 5.28 Å². The minimum Gasteiger partial charge on any atom is -0.353 e. The summed E-state index contributed by atoms with van der Waals surface area (Å²) in [6.45, 7) is 2.88. The molecule has 0 aliphatic carbocycles. The lowest BCUT2D eigenvalue weighted by Crippen LogP contribution is -2.15. The molecule has 0 saturated carbocycles. The minimum absolute atomic E-state index is 0.145. The molecule has 1 unspecified atom stereocenters. The average Bonchev–Trinajstić information content (AvgIpc) is 3.17. The molecule has 1 atom stereocenters. The number of anilines is 3. The Balaban J connectivity index is 1.48. The zero-order chi connectivity index (χ0) is 19.3. The standard InChI is InChI=1S/C20H19ClN6S/c1-2-13(14-6-4-3-5-7-14)11-22-19-25-18(21)26-20(27-19)24-15-8-9-16-17(10-15)28-12-23-16/h3-10,12-13H,2,11H2,1H3,(H2,22,24,25,26,27). The fraction of sp³-hybridized carbons (Fsp3) is 0.200. The SMILES string of the molecule is CCC(CNc1nc(Cl)nc(Nc2ccc3ncsc3c2)n1)c1ccccc1. The Hall–Kier alpha value is -2.77. The summed E-state index contributed by atoms with van der Waals surface area (Å²) in [6, 6.07) is 16.3. The molecule has 8 heteroatoms. The van der Waals surface area contributed by atoms with Crippen LogP contribution in [0.1, 0.15) is 24.8 Å². The molecule has 6 nitrogen and oxygen atoms in total. The van der Waals surface area contributed by atoms with Crippen molar-refractivity contribution in [3.05, 3.63) is 64.9 Å². The molecule has 2 aromatic heterocycles. The normalized spacial score (nSPS) is 12.1. The Labute approximate surface area is 172 Å². The van der Waals surface area contributed by atoms with E-state index in [2.05, 4.69) is 61.8 Å². The zero-order valence-corrected chi connectivity index (χ0v) is 16.8. The van der Waals surface area contributed by atoms with Crippen molar-refractivity contribution in [2.75, 3.05) is 17.2 Å². The van der Waals surface area contributed by atoms with E-state index in [0.717, 1.165) is 22.3 Å². The molecule has 0 bridgehead atoms. The highest BCUT2D eigenvalue weighted by molar-refractivity contribution is 7.16. The van der Waals surface area contributed by atoms with E-state index >= 15 is 0 Å². The van der Waals surface area contributed by atoms with Crippen molar-refractivity contribution >= 4 is 50.7 Å². The molecule has 28 heavy (non-hydrogen) atoms. The van der Waals surface area contributed by atoms with Gasteiger partial charge in [0.25, 0.3) is 0 Å². The number of hydrogen-bond acceptors (Lipinski definition) is 7. The Morgan fingerprint density at radius 3 is 2.68 bits per heavy atom. The van der Waals surface area contributed by atoms with Crippen molar-refractivity contribution < 1.29 is 0 Å². The van der Waals surface area contributed by atoms with Gasteiger partial charge in [0.15, 0.2) is 0 Å². The van der Waals surface area contributed by atoms with Gasteiger partial charge >= 0.3 is 0 Å². The number of hydrogen-bond donors (Lipinski definition) is 2. The third-order valence-corrected chi connectivity index (χ3v) is 5.43. The van der Waals surface area contributed by atoms with Crippen LogP contribution in [-0.2, 0) is 0 Å². The number of nitrogens with zero attached hydrogens (tertiary/aromatic N) is 4. The predicted molar refractivity (Wildman–Crippen MR) is 116 cm³/mol. The first kappa shape index (κ1) is 18.6. The van der Waals surface area contributed by atoms with E-state index in [1.165, 1.54) is 5.56 Å². The molecule has 0 amide bonds. The predicted octanol–water partition coefficient (Wildman–Crippen LogP) is 5.48. The molecule has 142 valence electrons. The quantitative estimate of drug-likeness (QED) is 0.420. The number of fused-ring (bicyclic) bond motifs is 1. The Morgan fingerprint density at radius 2 is 1.86 bits per heavy atom. The van der Waals surface area contributed by atoms with E-state index in [0.29, 0.717) is 24.4 Å². The first-order chi connectivity index (χ1) is 13.7. The van der Waals surface area contributed by atoms with Crippen LogP contribution in [0.4, 0.5) is 17.6 Å². The maximum absolute atomic E-state index is 6.11. The second-order valence-corrected chi connectivity index (χ2v) is 7.53. The lowest BCUT2D eigenvalue weighted by Gasteiger charge is -2.16. The van der Waals surface area contributed by atoms with Gasteiger partial charge in [-0.1, -0.05) is 37.3 Å². The van der Waals surface area contributed by atoms with Gasteiger partial charge in [-0.3, -0.25) is 0 Å². The molecule has 0 radical (unpaired) electrons. The third kappa shape index (κ3) is 4.37. The molecule has 0 aliphatic heterocycles. The van der Waals surface area contributed by atoms with Crippen molar-refractivity contribution in [2.45, 2.75) is 19.3 Å². The van der Waals surface area contributed by atoms with Crippen LogP contribution >= 0.6 is 22.9 Å². The van der Waals surface area contributed by atoms with Crippen LogP contribution < -0.4 is 10.6 Å². The van der Waals surface area contributed by atoms with Crippen molar-refractivity contribution in [3.8, 4) is 0 Å². The fourth-order valence-electron chi connectivity index (χ4n) is 2.98. The number of aromatic nitrogens is 4. The Morgan fingerprint density at radius 1 is 1.04 bits per heavy atom. The fourth-order valence-corrected chi connectivity index (χ4v) is 3.86. The van der Waals surface area contributed by atoms with Crippen molar-refractivity contribution in [1.29, 1.82) is 0 Å². The van der Waals surface area contributed by atoms with Gasteiger partial charge in [-0.05, 0) is 41.8 Å². The van der Waals surface area contributed by atoms with Crippen LogP contribution in [-0.4, -0.2) is 26.5 Å². The number of halogens is 1. The second kappa shape index (κ2) is 8.50. The summed E-state index contributed by atoms with van der Waals surface area (Å²) in [5.41, 5.74) is 4.96. The van der Waals surface area contributed by atoms with Gasteiger partial charge in [0, 0.05) is 18.2 Å². The lowest BCUT2D eigenvalue weighted by atomic mass is 9.97. The first-order valence-corrected chi connectivity index (χ1v) is 10.3. The second-order valence-electron chi connectivity index (χ2n) is 6.31. The molecule has 2 heterocycles. The topological polar surface area (TPSA) is 75.6 Å². The molecule has 0 spiro atoms. The third-order valence-electron chi connectivity index (χ3n) is 4.47. The molecule has 4 rings (SSSR count). The number of nitrogens with one attached hydrogen (secondary N) is 2. The van der Waals surface area contributed by atoms with Crippen molar-refractivity contribution in [3.63, 3.8) is 0 Å². The summed E-state index contributed by atoms with van der Waals surface area (Å²) in [7, 11) is 0. The van der Waals surface area contributed by atoms with Gasteiger partial charge in [0.05, 0.1) is 15.7 Å². The molecular weight excluding hydrogens is 392 g/mol. The Bertz CT molecular complexity index is 1070. The van der Waals surface area contributed by atoms with Crippen molar-refractivity contribution in [1.82, 2.24) is 19.9 Å². The van der Waals surface area contributed by atoms with Crippen LogP contribution in [0.3, 0.4) is 0 Å². The highest BCUT2D eigenvalue weighted by atomic mass is 35.5. The van der Waals surface area contributed by atoms with Crippen molar-refractivity contribution in [2.24, 2.45) is 0 Å². The summed E-state index contributed by atoms with van der Waals surface area (Å²) in [4.78, 5) is 17.1. The number of thiazole rings is 1. The van der Waals surface area contributed by atoms with Gasteiger partial charge in [-0.25, -0.2) is 4.98 Å². The van der Waals surface area contributed by atoms with E-state index < -0.39 is 0 Å². The summed E-state index contributed by atoms with van der Waals surface area (Å²) in [5, 5.41) is 6.63. The van der Waals surface area contributed by atoms with Crippen LogP contribution in [0.2, 0.25) is 5.28 Å². The molecule has 4 aromatic rings. The van der Waals surface area contributed by atoms with Gasteiger partial charge in [0.2, 0.25) is 17.2 Å². The summed E-state index contributed by atoms with van der Waals surface area (Å²) < 4.78 is 1.09. The maximum atomic E-state index is 6.11. The van der Waals surface area contributed by atoms with Crippen LogP contribution in [0.15, 0.2) is 54.0 Å². The first-order valence-electron chi connectivity index (χ1n) is 9.02. The Kier molecular flexibility index (Phi) is 5.64. The highest BCUT2D eigenvalue weighted by Crippen LogP contribution is 2.24. The van der Waals surface area contributed by atoms with Gasteiger partial charge in [-0.15, -0.1) is 11.3 Å². The summed E-state index contributed by atoms with van der Waals surface area (Å²) in [5.74, 6) is 1.22. The van der Waals surface area contributed by atoms with E-state index in [1.807, 2.05) is 29.8 Å². The van der Waals surface area contributed by atoms with E-state index in [9.17, 15) is 0 Å². The number of benzene rings is 2. The highest BCUT2D eigenvalue weighted by Gasteiger charge is 2.11.